The average Bonchev–Trinajstić information content (AvgIpc) is 4.43. The fraction of sp³-hybridized carbons (Fsp3) is 0.154. The van der Waals surface area contributed by atoms with Crippen LogP contribution >= 0.6 is 34.0 Å². The Morgan fingerprint density at radius 1 is 0.222 bits per heavy atom. The normalized spacial score (nSPS) is 12.0. The van der Waals surface area contributed by atoms with Crippen LogP contribution in [0.1, 0.15) is 79.0 Å². The summed E-state index contributed by atoms with van der Waals surface area (Å²) in [4.78, 5) is 0. The molecule has 81 heavy (non-hydrogen) atoms. The molecule has 0 aliphatic heterocycles. The van der Waals surface area contributed by atoms with Gasteiger partial charge in [0.2, 0.25) is 0 Å². The van der Waals surface area contributed by atoms with Crippen LogP contribution in [0.25, 0.3) is 116 Å². The molecule has 0 saturated carbocycles. The van der Waals surface area contributed by atoms with Crippen molar-refractivity contribution in [1.29, 1.82) is 0 Å². The van der Waals surface area contributed by atoms with Crippen molar-refractivity contribution < 1.29 is 0 Å². The van der Waals surface area contributed by atoms with E-state index in [1.807, 2.05) is 34.0 Å². The highest BCUT2D eigenvalue weighted by Crippen LogP contribution is 2.48. The minimum absolute atomic E-state index is 0.0236. The Bertz CT molecular complexity index is 4560. The van der Waals surface area contributed by atoms with Gasteiger partial charge in [-0.2, -0.15) is 0 Å². The SMILES string of the molecule is CC(C)(C)c1c(-c2ccccc2)cccc1-c1cccc2c1sc1ccccc12.CC(C)(C)c1c(-c2ccccc2)cccc1-c1cccc2sc3ccccc3c12.CC(C)(C)c1ccccc1-c1cccc2sc3ccccc3c12. The monoisotopic (exact) mass is 1100 g/mol. The van der Waals surface area contributed by atoms with Crippen molar-refractivity contribution in [1.82, 2.24) is 0 Å². The Morgan fingerprint density at radius 3 is 1.06 bits per heavy atom. The lowest BCUT2D eigenvalue weighted by atomic mass is 9.77. The van der Waals surface area contributed by atoms with E-state index < -0.39 is 0 Å². The van der Waals surface area contributed by atoms with Gasteiger partial charge < -0.3 is 0 Å². The molecule has 0 unspecified atom stereocenters. The van der Waals surface area contributed by atoms with Crippen molar-refractivity contribution in [2.24, 2.45) is 0 Å². The molecule has 0 bridgehead atoms. The average molecular weight is 1100 g/mol. The summed E-state index contributed by atoms with van der Waals surface area (Å²) in [6.45, 7) is 20.8. The van der Waals surface area contributed by atoms with E-state index in [-0.39, 0.29) is 16.2 Å². The molecule has 0 N–H and O–H groups in total. The third kappa shape index (κ3) is 10.4. The second-order valence-electron chi connectivity index (χ2n) is 24.3. The minimum atomic E-state index is 0.0236. The van der Waals surface area contributed by atoms with Gasteiger partial charge in [-0.15, -0.1) is 34.0 Å². The summed E-state index contributed by atoms with van der Waals surface area (Å²) in [5, 5.41) is 8.20. The molecule has 0 spiro atoms. The Balaban J connectivity index is 0.000000122. The van der Waals surface area contributed by atoms with E-state index in [1.165, 1.54) is 133 Å². The third-order valence-electron chi connectivity index (χ3n) is 15.6. The number of thiophene rings is 3. The summed E-state index contributed by atoms with van der Waals surface area (Å²) in [7, 11) is 0. The van der Waals surface area contributed by atoms with E-state index in [0.717, 1.165) is 0 Å². The smallest absolute Gasteiger partial charge is 0.0433 e. The highest BCUT2D eigenvalue weighted by molar-refractivity contribution is 7.27. The standard InChI is InChI=1S/2C28H24S.C22H20S/c1-28(2,3)27-20(19-11-5-4-6-12-19)14-9-16-22(27)21-15-10-18-25-26(21)23-13-7-8-17-24(23)29-25;1-28(2,3)26-20(19-11-5-4-6-12-19)14-9-15-22(26)24-17-10-16-23-21-13-7-8-18-25(21)29-27(23)24;1-22(2,3)18-12-6-4-9-15(18)16-11-8-14-20-21(16)17-10-5-7-13-19(17)23-20/h2*4-18H,1-3H3;4-14H,1-3H3. The lowest BCUT2D eigenvalue weighted by Crippen LogP contribution is -2.14. The van der Waals surface area contributed by atoms with Crippen molar-refractivity contribution in [3.05, 3.63) is 265 Å². The first-order valence-corrected chi connectivity index (χ1v) is 30.8. The zero-order valence-electron chi connectivity index (χ0n) is 47.9. The predicted molar refractivity (Wildman–Crippen MR) is 361 cm³/mol. The number of hydrogen-bond acceptors (Lipinski definition) is 3. The van der Waals surface area contributed by atoms with Gasteiger partial charge in [-0.1, -0.05) is 281 Å². The number of hydrogen-bond donors (Lipinski definition) is 0. The summed E-state index contributed by atoms with van der Waals surface area (Å²) in [5.74, 6) is 0. The topological polar surface area (TPSA) is 0 Å². The molecule has 0 amide bonds. The van der Waals surface area contributed by atoms with E-state index in [2.05, 4.69) is 311 Å². The summed E-state index contributed by atoms with van der Waals surface area (Å²) >= 11 is 5.67. The van der Waals surface area contributed by atoms with Crippen molar-refractivity contribution in [3.8, 4) is 55.6 Å². The minimum Gasteiger partial charge on any atom is -0.135 e. The molecule has 3 aromatic heterocycles. The first-order chi connectivity index (χ1) is 39.1. The Labute approximate surface area is 490 Å². The van der Waals surface area contributed by atoms with Crippen LogP contribution in [0.3, 0.4) is 0 Å². The lowest BCUT2D eigenvalue weighted by molar-refractivity contribution is 0.592. The zero-order valence-corrected chi connectivity index (χ0v) is 50.3. The second-order valence-corrected chi connectivity index (χ2v) is 27.5. The largest absolute Gasteiger partial charge is 0.135 e. The van der Waals surface area contributed by atoms with Crippen molar-refractivity contribution in [2.75, 3.05) is 0 Å². The molecule has 398 valence electrons. The number of fused-ring (bicyclic) bond motifs is 9. The first-order valence-electron chi connectivity index (χ1n) is 28.3. The Kier molecular flexibility index (Phi) is 14.5. The fourth-order valence-corrected chi connectivity index (χ4v) is 15.7. The summed E-state index contributed by atoms with van der Waals surface area (Å²) in [6.07, 6.45) is 0. The van der Waals surface area contributed by atoms with Crippen LogP contribution in [0, 0.1) is 0 Å². The first kappa shape index (κ1) is 53.7. The molecule has 0 fully saturated rings. The predicted octanol–water partition coefficient (Wildman–Crippen LogP) is 24.4. The molecule has 3 heteroatoms. The van der Waals surface area contributed by atoms with E-state index >= 15 is 0 Å². The van der Waals surface area contributed by atoms with Crippen LogP contribution in [-0.2, 0) is 16.2 Å². The maximum Gasteiger partial charge on any atom is 0.0433 e. The van der Waals surface area contributed by atoms with Gasteiger partial charge in [0, 0.05) is 60.5 Å². The summed E-state index contributed by atoms with van der Waals surface area (Å²) in [5.41, 5.74) is 17.7. The van der Waals surface area contributed by atoms with Gasteiger partial charge in [0.05, 0.1) is 0 Å². The van der Waals surface area contributed by atoms with Crippen LogP contribution in [-0.4, -0.2) is 0 Å². The third-order valence-corrected chi connectivity index (χ3v) is 19.1. The van der Waals surface area contributed by atoms with Gasteiger partial charge in [0.1, 0.15) is 0 Å². The molecular formula is C78H68S3. The number of benzene rings is 11. The molecular weight excluding hydrogens is 1030 g/mol. The quantitative estimate of drug-likeness (QED) is 0.161. The lowest BCUT2D eigenvalue weighted by Gasteiger charge is -2.27. The highest BCUT2D eigenvalue weighted by Gasteiger charge is 2.27. The maximum absolute atomic E-state index is 2.32. The van der Waals surface area contributed by atoms with Crippen molar-refractivity contribution in [2.45, 2.75) is 78.6 Å². The summed E-state index contributed by atoms with van der Waals surface area (Å²) in [6, 6.07) is 90.4. The molecule has 0 saturated heterocycles. The van der Waals surface area contributed by atoms with E-state index in [1.54, 1.807) is 0 Å². The molecule has 0 aliphatic rings. The molecule has 14 aromatic rings. The number of rotatable bonds is 5. The molecule has 0 radical (unpaired) electrons. The van der Waals surface area contributed by atoms with Crippen LogP contribution < -0.4 is 0 Å². The molecule has 14 rings (SSSR count). The Morgan fingerprint density at radius 2 is 0.556 bits per heavy atom. The second kappa shape index (κ2) is 21.9. The Hall–Kier alpha value is -7.92. The van der Waals surface area contributed by atoms with Gasteiger partial charge in [0.15, 0.2) is 0 Å². The van der Waals surface area contributed by atoms with Gasteiger partial charge in [-0.25, -0.2) is 0 Å². The molecule has 0 atom stereocenters. The van der Waals surface area contributed by atoms with E-state index in [0.29, 0.717) is 0 Å². The van der Waals surface area contributed by atoms with Crippen molar-refractivity contribution >= 4 is 94.5 Å². The molecule has 3 heterocycles. The molecule has 0 nitrogen and oxygen atoms in total. The van der Waals surface area contributed by atoms with Crippen molar-refractivity contribution in [3.63, 3.8) is 0 Å². The van der Waals surface area contributed by atoms with Crippen LogP contribution in [0.5, 0.6) is 0 Å². The fourth-order valence-electron chi connectivity index (χ4n) is 12.2. The van der Waals surface area contributed by atoms with Gasteiger partial charge >= 0.3 is 0 Å². The van der Waals surface area contributed by atoms with E-state index in [9.17, 15) is 0 Å². The van der Waals surface area contributed by atoms with Crippen LogP contribution in [0.15, 0.2) is 249 Å². The van der Waals surface area contributed by atoms with E-state index in [4.69, 9.17) is 0 Å². The summed E-state index contributed by atoms with van der Waals surface area (Å²) < 4.78 is 8.17. The zero-order chi connectivity index (χ0) is 56.0. The van der Waals surface area contributed by atoms with Gasteiger partial charge in [-0.3, -0.25) is 0 Å². The van der Waals surface area contributed by atoms with Gasteiger partial charge in [0.25, 0.3) is 0 Å². The maximum atomic E-state index is 2.32. The molecule has 0 aliphatic carbocycles. The van der Waals surface area contributed by atoms with Gasteiger partial charge in [-0.05, 0) is 119 Å². The highest BCUT2D eigenvalue weighted by atomic mass is 32.1. The van der Waals surface area contributed by atoms with Crippen LogP contribution in [0.4, 0.5) is 0 Å². The molecule has 11 aromatic carbocycles. The van der Waals surface area contributed by atoms with Crippen LogP contribution in [0.2, 0.25) is 0 Å².